The fourth-order valence-electron chi connectivity index (χ4n) is 3.07. The normalized spacial score (nSPS) is 19.9. The van der Waals surface area contributed by atoms with Crippen molar-refractivity contribution >= 4 is 22.9 Å². The van der Waals surface area contributed by atoms with Crippen LogP contribution in [0.2, 0.25) is 0 Å². The first-order valence-electron chi connectivity index (χ1n) is 7.15. The van der Waals surface area contributed by atoms with E-state index in [9.17, 15) is 15.2 Å². The maximum atomic E-state index is 12.3. The summed E-state index contributed by atoms with van der Waals surface area (Å²) in [4.78, 5) is 16.7. The third-order valence-electron chi connectivity index (χ3n) is 4.06. The number of nitrogens with one attached hydrogen (secondary N) is 1. The van der Waals surface area contributed by atoms with Crippen molar-refractivity contribution in [3.8, 4) is 11.8 Å². The van der Waals surface area contributed by atoms with Crippen LogP contribution in [0, 0.1) is 17.2 Å². The summed E-state index contributed by atoms with van der Waals surface area (Å²) in [5.41, 5.74) is 2.26. The topological polar surface area (TPSA) is 90.9 Å². The van der Waals surface area contributed by atoms with Crippen LogP contribution in [0.25, 0.3) is 11.0 Å². The molecule has 0 spiro atoms. The Morgan fingerprint density at radius 1 is 1.22 bits per heavy atom. The molecule has 3 aromatic rings. The average Bonchev–Trinajstić information content (AvgIpc) is 2.91. The Kier molecular flexibility index (Phi) is 2.81. The van der Waals surface area contributed by atoms with Crippen molar-refractivity contribution in [2.45, 2.75) is 6.04 Å². The Morgan fingerprint density at radius 2 is 2.04 bits per heavy atom. The number of aromatic hydroxyl groups is 1. The second-order valence-corrected chi connectivity index (χ2v) is 5.43. The van der Waals surface area contributed by atoms with Crippen molar-refractivity contribution in [2.75, 3.05) is 5.32 Å². The predicted molar refractivity (Wildman–Crippen MR) is 83.7 cm³/mol. The molecule has 112 valence electrons. The summed E-state index contributed by atoms with van der Waals surface area (Å²) in [6.45, 7) is 0. The van der Waals surface area contributed by atoms with E-state index in [1.54, 1.807) is 24.3 Å². The summed E-state index contributed by atoms with van der Waals surface area (Å²) in [5.74, 6) is -0.780. The molecule has 4 rings (SSSR count). The Morgan fingerprint density at radius 3 is 2.83 bits per heavy atom. The molecule has 23 heavy (non-hydrogen) atoms. The third kappa shape index (κ3) is 1.94. The first-order valence-corrected chi connectivity index (χ1v) is 7.15. The summed E-state index contributed by atoms with van der Waals surface area (Å²) in [6.07, 6.45) is 0. The van der Waals surface area contributed by atoms with Crippen molar-refractivity contribution in [3.05, 3.63) is 54.1 Å². The van der Waals surface area contributed by atoms with Crippen LogP contribution in [-0.4, -0.2) is 20.6 Å². The van der Waals surface area contributed by atoms with Crippen LogP contribution in [0.3, 0.4) is 0 Å². The monoisotopic (exact) mass is 304 g/mol. The molecule has 1 amide bonds. The van der Waals surface area contributed by atoms with Gasteiger partial charge in [0.05, 0.1) is 23.1 Å². The number of hydrogen-bond acceptors (Lipinski definition) is 4. The molecule has 6 nitrogen and oxygen atoms in total. The van der Waals surface area contributed by atoms with Gasteiger partial charge in [-0.25, -0.2) is 4.98 Å². The van der Waals surface area contributed by atoms with Crippen LogP contribution in [0.5, 0.6) is 5.75 Å². The molecule has 0 saturated carbocycles. The van der Waals surface area contributed by atoms with Crippen molar-refractivity contribution in [3.63, 3.8) is 0 Å². The molecule has 0 aliphatic carbocycles. The van der Waals surface area contributed by atoms with Crippen LogP contribution in [-0.2, 0) is 4.79 Å². The van der Waals surface area contributed by atoms with Crippen LogP contribution in [0.1, 0.15) is 11.6 Å². The number of phenolic OH excluding ortho intramolecular Hbond substituents is 1. The fourth-order valence-corrected chi connectivity index (χ4v) is 3.07. The van der Waals surface area contributed by atoms with Gasteiger partial charge in [-0.15, -0.1) is 0 Å². The number of nitriles is 1. The van der Waals surface area contributed by atoms with Crippen LogP contribution in [0.4, 0.5) is 5.95 Å². The largest absolute Gasteiger partial charge is 0.508 e. The number of aromatic nitrogens is 2. The van der Waals surface area contributed by atoms with Crippen LogP contribution < -0.4 is 5.32 Å². The van der Waals surface area contributed by atoms with Gasteiger partial charge in [-0.05, 0) is 29.8 Å². The molecule has 1 aliphatic heterocycles. The van der Waals surface area contributed by atoms with Gasteiger partial charge in [-0.3, -0.25) is 10.1 Å². The molecule has 0 radical (unpaired) electrons. The van der Waals surface area contributed by atoms with Gasteiger partial charge in [0, 0.05) is 0 Å². The average molecular weight is 304 g/mol. The van der Waals surface area contributed by atoms with Gasteiger partial charge in [0.2, 0.25) is 11.9 Å². The lowest BCUT2D eigenvalue weighted by atomic mass is 9.91. The van der Waals surface area contributed by atoms with Gasteiger partial charge >= 0.3 is 0 Å². The van der Waals surface area contributed by atoms with Gasteiger partial charge in [-0.2, -0.15) is 5.26 Å². The zero-order valence-corrected chi connectivity index (χ0v) is 12.0. The summed E-state index contributed by atoms with van der Waals surface area (Å²) >= 11 is 0. The van der Waals surface area contributed by atoms with Crippen molar-refractivity contribution < 1.29 is 9.90 Å². The maximum absolute atomic E-state index is 12.3. The Labute approximate surface area is 131 Å². The minimum atomic E-state index is -0.901. The van der Waals surface area contributed by atoms with Crippen molar-refractivity contribution in [1.29, 1.82) is 5.26 Å². The standard InChI is InChI=1S/C17H12N4O2/c18-9-12-15(10-4-3-5-11(22)8-10)21-14-7-2-1-6-13(14)19-17(21)20-16(12)23/h1-8,12,15,22H,(H,19,20,23)/t12-,15-/m1/s1. The quantitative estimate of drug-likeness (QED) is 0.722. The number of benzene rings is 2. The van der Waals surface area contributed by atoms with Gasteiger partial charge in [-0.1, -0.05) is 24.3 Å². The summed E-state index contributed by atoms with van der Waals surface area (Å²) in [6, 6.07) is 15.7. The van der Waals surface area contributed by atoms with E-state index in [1.165, 1.54) is 0 Å². The van der Waals surface area contributed by atoms with E-state index in [-0.39, 0.29) is 11.7 Å². The number of nitrogens with zero attached hydrogens (tertiary/aromatic N) is 3. The number of fused-ring (bicyclic) bond motifs is 3. The molecular weight excluding hydrogens is 292 g/mol. The van der Waals surface area contributed by atoms with E-state index in [0.29, 0.717) is 11.5 Å². The summed E-state index contributed by atoms with van der Waals surface area (Å²) in [5, 5.41) is 22.0. The number of carbonyl (C=O) groups excluding carboxylic acids is 1. The first kappa shape index (κ1) is 13.3. The smallest absolute Gasteiger partial charge is 0.246 e. The Balaban J connectivity index is 2.02. The Hall–Kier alpha value is -3.33. The van der Waals surface area contributed by atoms with Gasteiger partial charge in [0.15, 0.2) is 5.92 Å². The lowest BCUT2D eigenvalue weighted by Crippen LogP contribution is -2.37. The van der Waals surface area contributed by atoms with E-state index in [4.69, 9.17) is 0 Å². The lowest BCUT2D eigenvalue weighted by Gasteiger charge is -2.29. The zero-order valence-electron chi connectivity index (χ0n) is 12.0. The second-order valence-electron chi connectivity index (χ2n) is 5.43. The number of anilines is 1. The van der Waals surface area contributed by atoms with Crippen LogP contribution in [0.15, 0.2) is 48.5 Å². The summed E-state index contributed by atoms with van der Waals surface area (Å²) in [7, 11) is 0. The Bertz CT molecular complexity index is 970. The molecule has 0 unspecified atom stereocenters. The van der Waals surface area contributed by atoms with Gasteiger partial charge in [0.25, 0.3) is 0 Å². The molecule has 1 aromatic heterocycles. The highest BCUT2D eigenvalue weighted by atomic mass is 16.3. The zero-order chi connectivity index (χ0) is 16.0. The highest BCUT2D eigenvalue weighted by Gasteiger charge is 2.38. The van der Waals surface area contributed by atoms with E-state index in [1.807, 2.05) is 28.8 Å². The fraction of sp³-hybridized carbons (Fsp3) is 0.118. The number of rotatable bonds is 1. The van der Waals surface area contributed by atoms with Gasteiger partial charge < -0.3 is 9.67 Å². The highest BCUT2D eigenvalue weighted by molar-refractivity contribution is 5.97. The molecule has 2 atom stereocenters. The minimum absolute atomic E-state index is 0.0937. The molecule has 2 aromatic carbocycles. The summed E-state index contributed by atoms with van der Waals surface area (Å²) < 4.78 is 1.85. The SMILES string of the molecule is N#C[C@H]1C(=O)Nc2nc3ccccc3n2[C@@H]1c1cccc(O)c1. The number of phenols is 1. The number of carbonyl (C=O) groups is 1. The molecular formula is C17H12N4O2. The number of amides is 1. The molecule has 1 aliphatic rings. The second kappa shape index (κ2) is 4.85. The minimum Gasteiger partial charge on any atom is -0.508 e. The predicted octanol–water partition coefficient (Wildman–Crippen LogP) is 2.42. The molecule has 2 N–H and O–H groups in total. The van der Waals surface area contributed by atoms with Crippen molar-refractivity contribution in [1.82, 2.24) is 9.55 Å². The maximum Gasteiger partial charge on any atom is 0.246 e. The number of para-hydroxylation sites is 2. The number of hydrogen-bond donors (Lipinski definition) is 2. The lowest BCUT2D eigenvalue weighted by molar-refractivity contribution is -0.119. The molecule has 0 saturated heterocycles. The van der Waals surface area contributed by atoms with Crippen molar-refractivity contribution in [2.24, 2.45) is 5.92 Å². The van der Waals surface area contributed by atoms with E-state index in [0.717, 1.165) is 11.0 Å². The molecule has 0 bridgehead atoms. The van der Waals surface area contributed by atoms with E-state index < -0.39 is 12.0 Å². The third-order valence-corrected chi connectivity index (χ3v) is 4.06. The highest BCUT2D eigenvalue weighted by Crippen LogP contribution is 2.38. The molecule has 2 heterocycles. The van der Waals surface area contributed by atoms with E-state index in [2.05, 4.69) is 16.4 Å². The first-order chi connectivity index (χ1) is 11.2. The van der Waals surface area contributed by atoms with E-state index >= 15 is 0 Å². The van der Waals surface area contributed by atoms with Crippen LogP contribution >= 0.6 is 0 Å². The molecule has 0 fully saturated rings. The molecule has 6 heteroatoms. The number of imidazole rings is 1. The van der Waals surface area contributed by atoms with Gasteiger partial charge in [0.1, 0.15) is 5.75 Å².